The number of hydrogen-bond donors (Lipinski definition) is 1. The second-order valence-electron chi connectivity index (χ2n) is 3.70. The largest absolute Gasteiger partial charge is 0.508 e. The molecule has 0 saturated heterocycles. The van der Waals surface area contributed by atoms with Crippen molar-refractivity contribution in [1.29, 1.82) is 0 Å². The number of benzene rings is 1. The van der Waals surface area contributed by atoms with Crippen molar-refractivity contribution in [3.8, 4) is 5.75 Å². The molecule has 1 N–H and O–H groups in total. The Kier molecular flexibility index (Phi) is 3.98. The van der Waals surface area contributed by atoms with E-state index in [1.54, 1.807) is 18.5 Å². The molecular formula is C13H14N2OS. The maximum Gasteiger partial charge on any atom is 0.116 e. The van der Waals surface area contributed by atoms with Gasteiger partial charge in [-0.1, -0.05) is 31.2 Å². The Morgan fingerprint density at radius 3 is 2.88 bits per heavy atom. The minimum Gasteiger partial charge on any atom is -0.508 e. The van der Waals surface area contributed by atoms with Crippen LogP contribution in [0, 0.1) is 0 Å². The van der Waals surface area contributed by atoms with Crippen molar-refractivity contribution in [2.75, 3.05) is 0 Å². The normalized spacial score (nSPS) is 10.4. The van der Waals surface area contributed by atoms with Gasteiger partial charge in [-0.15, -0.1) is 0 Å². The number of aromatic hydroxyl groups is 1. The van der Waals surface area contributed by atoms with Gasteiger partial charge >= 0.3 is 0 Å². The van der Waals surface area contributed by atoms with Gasteiger partial charge in [0.15, 0.2) is 0 Å². The van der Waals surface area contributed by atoms with Gasteiger partial charge in [0.05, 0.1) is 0 Å². The van der Waals surface area contributed by atoms with E-state index in [0.29, 0.717) is 0 Å². The summed E-state index contributed by atoms with van der Waals surface area (Å²) in [5.41, 5.74) is 1.06. The van der Waals surface area contributed by atoms with Crippen LogP contribution < -0.4 is 0 Å². The van der Waals surface area contributed by atoms with Crippen LogP contribution in [0.5, 0.6) is 5.75 Å². The zero-order chi connectivity index (χ0) is 12.1. The Bertz CT molecular complexity index is 502. The first-order valence-corrected chi connectivity index (χ1v) is 6.37. The van der Waals surface area contributed by atoms with Crippen LogP contribution in [0.3, 0.4) is 0 Å². The number of phenolic OH excluding ortho intramolecular Hbond substituents is 1. The first-order valence-electron chi connectivity index (χ1n) is 5.55. The van der Waals surface area contributed by atoms with Crippen LogP contribution in [0.1, 0.15) is 19.0 Å². The SMILES string of the molecule is CCCc1cc(Sc2cccc(O)c2)ncn1. The maximum absolute atomic E-state index is 9.38. The summed E-state index contributed by atoms with van der Waals surface area (Å²) in [4.78, 5) is 9.41. The quantitative estimate of drug-likeness (QED) is 0.841. The molecule has 0 radical (unpaired) electrons. The summed E-state index contributed by atoms with van der Waals surface area (Å²) in [6, 6.07) is 9.16. The predicted molar refractivity (Wildman–Crippen MR) is 68.3 cm³/mol. The van der Waals surface area contributed by atoms with Gasteiger partial charge in [-0.25, -0.2) is 9.97 Å². The Labute approximate surface area is 105 Å². The molecule has 1 aromatic heterocycles. The van der Waals surface area contributed by atoms with E-state index in [-0.39, 0.29) is 5.75 Å². The van der Waals surface area contributed by atoms with Gasteiger partial charge in [0.1, 0.15) is 17.1 Å². The number of rotatable bonds is 4. The third-order valence-corrected chi connectivity index (χ3v) is 3.17. The number of phenols is 1. The molecule has 0 aliphatic heterocycles. The Hall–Kier alpha value is -1.55. The van der Waals surface area contributed by atoms with E-state index in [0.717, 1.165) is 28.5 Å². The van der Waals surface area contributed by atoms with Crippen molar-refractivity contribution in [3.63, 3.8) is 0 Å². The average Bonchev–Trinajstić information content (AvgIpc) is 2.30. The summed E-state index contributed by atoms with van der Waals surface area (Å²) >= 11 is 1.53. The molecule has 0 amide bonds. The van der Waals surface area contributed by atoms with Crippen LogP contribution in [0.2, 0.25) is 0 Å². The van der Waals surface area contributed by atoms with Gasteiger partial charge < -0.3 is 5.11 Å². The van der Waals surface area contributed by atoms with E-state index in [2.05, 4.69) is 16.9 Å². The van der Waals surface area contributed by atoms with E-state index in [9.17, 15) is 5.11 Å². The molecule has 0 atom stereocenters. The van der Waals surface area contributed by atoms with Crippen LogP contribution in [-0.2, 0) is 6.42 Å². The molecule has 17 heavy (non-hydrogen) atoms. The van der Waals surface area contributed by atoms with Crippen molar-refractivity contribution in [1.82, 2.24) is 9.97 Å². The van der Waals surface area contributed by atoms with Crippen molar-refractivity contribution < 1.29 is 5.11 Å². The number of nitrogens with zero attached hydrogens (tertiary/aromatic N) is 2. The molecule has 0 saturated carbocycles. The fourth-order valence-corrected chi connectivity index (χ4v) is 2.36. The molecule has 0 bridgehead atoms. The smallest absolute Gasteiger partial charge is 0.116 e. The standard InChI is InChI=1S/C13H14N2OS/c1-2-4-10-7-13(15-9-14-10)17-12-6-3-5-11(16)8-12/h3,5-9,16H,2,4H2,1H3. The molecule has 1 aromatic carbocycles. The molecule has 0 unspecified atom stereocenters. The highest BCUT2D eigenvalue weighted by Gasteiger charge is 2.01. The van der Waals surface area contributed by atoms with Crippen molar-refractivity contribution in [3.05, 3.63) is 42.4 Å². The molecular weight excluding hydrogens is 232 g/mol. The summed E-state index contributed by atoms with van der Waals surface area (Å²) in [7, 11) is 0. The molecule has 2 aromatic rings. The van der Waals surface area contributed by atoms with Crippen molar-refractivity contribution >= 4 is 11.8 Å². The lowest BCUT2D eigenvalue weighted by molar-refractivity contribution is 0.474. The third kappa shape index (κ3) is 3.46. The summed E-state index contributed by atoms with van der Waals surface area (Å²) < 4.78 is 0. The van der Waals surface area contributed by atoms with Gasteiger partial charge in [-0.3, -0.25) is 0 Å². The molecule has 3 nitrogen and oxygen atoms in total. The van der Waals surface area contributed by atoms with Crippen LogP contribution in [-0.4, -0.2) is 15.1 Å². The Morgan fingerprint density at radius 2 is 2.12 bits per heavy atom. The molecule has 4 heteroatoms. The van der Waals surface area contributed by atoms with Crippen LogP contribution in [0.15, 0.2) is 46.6 Å². The maximum atomic E-state index is 9.38. The highest BCUT2D eigenvalue weighted by molar-refractivity contribution is 7.99. The van der Waals surface area contributed by atoms with Crippen molar-refractivity contribution in [2.24, 2.45) is 0 Å². The van der Waals surface area contributed by atoms with E-state index in [1.807, 2.05) is 18.2 Å². The predicted octanol–water partition coefficient (Wildman–Crippen LogP) is 3.29. The molecule has 88 valence electrons. The first kappa shape index (κ1) is 11.9. The lowest BCUT2D eigenvalue weighted by Crippen LogP contribution is -1.91. The van der Waals surface area contributed by atoms with E-state index in [1.165, 1.54) is 11.8 Å². The summed E-state index contributed by atoms with van der Waals surface area (Å²) in [6.45, 7) is 2.13. The first-order chi connectivity index (χ1) is 8.28. The highest BCUT2D eigenvalue weighted by Crippen LogP contribution is 2.28. The van der Waals surface area contributed by atoms with E-state index >= 15 is 0 Å². The van der Waals surface area contributed by atoms with Crippen LogP contribution in [0.25, 0.3) is 0 Å². The fourth-order valence-electron chi connectivity index (χ4n) is 1.49. The number of aryl methyl sites for hydroxylation is 1. The second kappa shape index (κ2) is 5.68. The van der Waals surface area contributed by atoms with E-state index in [4.69, 9.17) is 0 Å². The zero-order valence-electron chi connectivity index (χ0n) is 9.63. The monoisotopic (exact) mass is 246 g/mol. The van der Waals surface area contributed by atoms with Gasteiger partial charge in [0.25, 0.3) is 0 Å². The minimum absolute atomic E-state index is 0.276. The van der Waals surface area contributed by atoms with E-state index < -0.39 is 0 Å². The summed E-state index contributed by atoms with van der Waals surface area (Å²) in [5, 5.41) is 10.3. The third-order valence-electron chi connectivity index (χ3n) is 2.24. The Balaban J connectivity index is 2.15. The zero-order valence-corrected chi connectivity index (χ0v) is 10.4. The lowest BCUT2D eigenvalue weighted by atomic mass is 10.2. The van der Waals surface area contributed by atoms with Gasteiger partial charge in [-0.2, -0.15) is 0 Å². The molecule has 0 spiro atoms. The highest BCUT2D eigenvalue weighted by atomic mass is 32.2. The average molecular weight is 246 g/mol. The number of aromatic nitrogens is 2. The number of hydrogen-bond acceptors (Lipinski definition) is 4. The van der Waals surface area contributed by atoms with Crippen molar-refractivity contribution in [2.45, 2.75) is 29.7 Å². The molecule has 2 rings (SSSR count). The van der Waals surface area contributed by atoms with Crippen LogP contribution >= 0.6 is 11.8 Å². The molecule has 0 aliphatic rings. The summed E-state index contributed by atoms with van der Waals surface area (Å²) in [5.74, 6) is 0.276. The molecule has 1 heterocycles. The Morgan fingerprint density at radius 1 is 1.24 bits per heavy atom. The minimum atomic E-state index is 0.276. The van der Waals surface area contributed by atoms with Gasteiger partial charge in [0, 0.05) is 10.6 Å². The molecule has 0 aliphatic carbocycles. The lowest BCUT2D eigenvalue weighted by Gasteiger charge is -2.03. The fraction of sp³-hybridized carbons (Fsp3) is 0.231. The van der Waals surface area contributed by atoms with Gasteiger partial charge in [0.2, 0.25) is 0 Å². The van der Waals surface area contributed by atoms with Gasteiger partial charge in [-0.05, 0) is 30.7 Å². The summed E-state index contributed by atoms with van der Waals surface area (Å²) in [6.07, 6.45) is 3.64. The second-order valence-corrected chi connectivity index (χ2v) is 4.79. The topological polar surface area (TPSA) is 46.0 Å². The molecule has 0 fully saturated rings. The van der Waals surface area contributed by atoms with Crippen LogP contribution in [0.4, 0.5) is 0 Å².